The fourth-order valence-electron chi connectivity index (χ4n) is 3.85. The molecule has 0 fully saturated rings. The van der Waals surface area contributed by atoms with E-state index in [-0.39, 0.29) is 4.90 Å². The third kappa shape index (κ3) is 8.59. The Morgan fingerprint density at radius 2 is 1.54 bits per heavy atom. The van der Waals surface area contributed by atoms with E-state index in [2.05, 4.69) is 22.8 Å². The van der Waals surface area contributed by atoms with E-state index in [0.717, 1.165) is 33.6 Å². The fraction of sp³-hybridized carbons (Fsp3) is 0.310. The summed E-state index contributed by atoms with van der Waals surface area (Å²) in [4.78, 5) is 11.4. The standard InChI is InChI=1S/C28H33NO7S.CH2S/c1-18(2)27(28(30)31)29-37(32,33)25-12-8-22(9-13-25)21-6-10-24(11-7-21)36-16-20-14-23(17-34-4)19(3)26(15-20)35-5;1-2/h6-15,18,27,29H,16-17H2,1-5H3,(H,30,31);1H2. The van der Waals surface area contributed by atoms with E-state index in [1.165, 1.54) is 12.1 Å². The summed E-state index contributed by atoms with van der Waals surface area (Å²) in [5.41, 5.74) is 4.74. The van der Waals surface area contributed by atoms with E-state index >= 15 is 0 Å². The molecule has 39 heavy (non-hydrogen) atoms. The molecule has 0 radical (unpaired) electrons. The molecule has 3 aromatic rings. The number of benzene rings is 3. The highest BCUT2D eigenvalue weighted by molar-refractivity contribution is 7.89. The molecule has 0 aromatic heterocycles. The number of thiocarbonyl (C=S) groups is 1. The van der Waals surface area contributed by atoms with Crippen molar-refractivity contribution in [1.29, 1.82) is 0 Å². The maximum atomic E-state index is 12.6. The number of ether oxygens (including phenoxy) is 3. The van der Waals surface area contributed by atoms with E-state index in [9.17, 15) is 18.3 Å². The van der Waals surface area contributed by atoms with E-state index in [0.29, 0.717) is 19.0 Å². The largest absolute Gasteiger partial charge is 0.496 e. The van der Waals surface area contributed by atoms with Gasteiger partial charge in [0.05, 0.1) is 18.6 Å². The van der Waals surface area contributed by atoms with Crippen LogP contribution in [0.3, 0.4) is 0 Å². The number of carbonyl (C=O) groups is 1. The first-order valence-corrected chi connectivity index (χ1v) is 14.1. The average molecular weight is 574 g/mol. The van der Waals surface area contributed by atoms with Crippen LogP contribution in [0.4, 0.5) is 0 Å². The molecule has 0 aliphatic heterocycles. The third-order valence-corrected chi connectivity index (χ3v) is 7.48. The molecule has 0 saturated carbocycles. The first kappa shape index (κ1) is 31.9. The van der Waals surface area contributed by atoms with Gasteiger partial charge in [0.15, 0.2) is 0 Å². The van der Waals surface area contributed by atoms with Gasteiger partial charge in [0, 0.05) is 7.11 Å². The molecule has 10 heteroatoms. The Balaban J connectivity index is 0.00000260. The van der Waals surface area contributed by atoms with Crippen molar-refractivity contribution < 1.29 is 32.5 Å². The highest BCUT2D eigenvalue weighted by Crippen LogP contribution is 2.27. The van der Waals surface area contributed by atoms with Crippen LogP contribution in [-0.2, 0) is 32.8 Å². The van der Waals surface area contributed by atoms with Crippen LogP contribution in [0.15, 0.2) is 65.6 Å². The minimum absolute atomic E-state index is 0.00414. The smallest absolute Gasteiger partial charge is 0.322 e. The molecule has 0 bridgehead atoms. The number of carboxylic acids is 1. The maximum Gasteiger partial charge on any atom is 0.322 e. The van der Waals surface area contributed by atoms with Crippen LogP contribution in [0.5, 0.6) is 11.5 Å². The monoisotopic (exact) mass is 573 g/mol. The van der Waals surface area contributed by atoms with Crippen LogP contribution >= 0.6 is 12.2 Å². The van der Waals surface area contributed by atoms with E-state index in [1.807, 2.05) is 43.3 Å². The van der Waals surface area contributed by atoms with E-state index in [1.54, 1.807) is 40.2 Å². The number of methoxy groups -OCH3 is 2. The number of hydrogen-bond acceptors (Lipinski definition) is 7. The van der Waals surface area contributed by atoms with Gasteiger partial charge in [0.1, 0.15) is 24.1 Å². The van der Waals surface area contributed by atoms with Crippen molar-refractivity contribution in [3.63, 3.8) is 0 Å². The number of nitrogens with one attached hydrogen (secondary N) is 1. The summed E-state index contributed by atoms with van der Waals surface area (Å²) in [5, 5.41) is 9.29. The fourth-order valence-corrected chi connectivity index (χ4v) is 5.19. The number of sulfonamides is 1. The number of aliphatic carboxylic acids is 1. The Morgan fingerprint density at radius 3 is 2.03 bits per heavy atom. The van der Waals surface area contributed by atoms with Crippen molar-refractivity contribution in [2.75, 3.05) is 14.2 Å². The van der Waals surface area contributed by atoms with Gasteiger partial charge in [-0.25, -0.2) is 8.42 Å². The van der Waals surface area contributed by atoms with E-state index in [4.69, 9.17) is 14.2 Å². The minimum atomic E-state index is -3.97. The highest BCUT2D eigenvalue weighted by Gasteiger charge is 2.28. The molecule has 1 atom stereocenters. The highest BCUT2D eigenvalue weighted by atomic mass is 32.2. The SMILES string of the molecule is C=S.COCc1cc(COc2ccc(-c3ccc(S(=O)(=O)NC(C(=O)O)C(C)C)cc3)cc2)cc(OC)c1C. The van der Waals surface area contributed by atoms with Crippen LogP contribution in [-0.4, -0.2) is 45.6 Å². The number of rotatable bonds is 12. The molecule has 3 rings (SSSR count). The first-order valence-electron chi connectivity index (χ1n) is 12.1. The summed E-state index contributed by atoms with van der Waals surface area (Å²) in [6.45, 7) is 6.13. The van der Waals surface area contributed by atoms with Crippen molar-refractivity contribution in [2.24, 2.45) is 5.92 Å². The predicted octanol–water partition coefficient (Wildman–Crippen LogP) is 5.40. The van der Waals surface area contributed by atoms with E-state index < -0.39 is 28.0 Å². The lowest BCUT2D eigenvalue weighted by Gasteiger charge is -2.18. The molecule has 0 heterocycles. The van der Waals surface area contributed by atoms with Crippen molar-refractivity contribution in [3.05, 3.63) is 77.4 Å². The Labute approximate surface area is 236 Å². The van der Waals surface area contributed by atoms with Crippen LogP contribution in [0.2, 0.25) is 0 Å². The molecule has 0 spiro atoms. The summed E-state index contributed by atoms with van der Waals surface area (Å²) in [6, 6.07) is 16.6. The molecule has 3 aromatic carbocycles. The molecule has 0 amide bonds. The van der Waals surface area contributed by atoms with Crippen LogP contribution in [0.25, 0.3) is 11.1 Å². The Kier molecular flexibility index (Phi) is 12.1. The zero-order valence-corrected chi connectivity index (χ0v) is 24.4. The van der Waals surface area contributed by atoms with Gasteiger partial charge >= 0.3 is 5.97 Å². The summed E-state index contributed by atoms with van der Waals surface area (Å²) in [7, 11) is -0.679. The van der Waals surface area contributed by atoms with Gasteiger partial charge < -0.3 is 19.3 Å². The molecule has 0 saturated heterocycles. The van der Waals surface area contributed by atoms with Gasteiger partial charge in [0.25, 0.3) is 0 Å². The molecule has 0 aliphatic rings. The van der Waals surface area contributed by atoms with Gasteiger partial charge in [-0.15, -0.1) is 0 Å². The summed E-state index contributed by atoms with van der Waals surface area (Å²) >= 11 is 3.83. The zero-order valence-electron chi connectivity index (χ0n) is 22.8. The quantitative estimate of drug-likeness (QED) is 0.277. The Morgan fingerprint density at radius 1 is 0.974 bits per heavy atom. The van der Waals surface area contributed by atoms with Crippen molar-refractivity contribution in [1.82, 2.24) is 4.72 Å². The minimum Gasteiger partial charge on any atom is -0.496 e. The second kappa shape index (κ2) is 14.7. The van der Waals surface area contributed by atoms with Crippen molar-refractivity contribution in [2.45, 2.75) is 44.9 Å². The Bertz CT molecular complexity index is 1340. The van der Waals surface area contributed by atoms with Crippen LogP contribution in [0.1, 0.15) is 30.5 Å². The second-order valence-corrected chi connectivity index (χ2v) is 10.7. The average Bonchev–Trinajstić information content (AvgIpc) is 2.93. The van der Waals surface area contributed by atoms with Crippen LogP contribution < -0.4 is 14.2 Å². The molecule has 2 N–H and O–H groups in total. The normalized spacial score (nSPS) is 11.8. The lowest BCUT2D eigenvalue weighted by atomic mass is 10.0. The third-order valence-electron chi connectivity index (χ3n) is 6.02. The molecule has 8 nitrogen and oxygen atoms in total. The van der Waals surface area contributed by atoms with Crippen molar-refractivity contribution in [3.8, 4) is 22.6 Å². The summed E-state index contributed by atoms with van der Waals surface area (Å²) in [6.07, 6.45) is 0. The van der Waals surface area contributed by atoms with Crippen LogP contribution in [0, 0.1) is 12.8 Å². The predicted molar refractivity (Wildman–Crippen MR) is 156 cm³/mol. The molecular weight excluding hydrogens is 538 g/mol. The lowest BCUT2D eigenvalue weighted by Crippen LogP contribution is -2.44. The zero-order chi connectivity index (χ0) is 29.2. The van der Waals surface area contributed by atoms with Gasteiger partial charge in [-0.2, -0.15) is 4.72 Å². The summed E-state index contributed by atoms with van der Waals surface area (Å²) < 4.78 is 44.3. The second-order valence-electron chi connectivity index (χ2n) is 9.03. The number of carboxylic acid groups (broad SMARTS) is 1. The van der Waals surface area contributed by atoms with Gasteiger partial charge in [-0.3, -0.25) is 4.79 Å². The van der Waals surface area contributed by atoms with Gasteiger partial charge in [-0.1, -0.05) is 50.3 Å². The molecule has 210 valence electrons. The van der Waals surface area contributed by atoms with Gasteiger partial charge in [-0.05, 0) is 82.9 Å². The summed E-state index contributed by atoms with van der Waals surface area (Å²) in [5.74, 6) is 2.70. The lowest BCUT2D eigenvalue weighted by molar-refractivity contribution is -0.140. The Hall–Kier alpha value is -3.31. The molecular formula is C29H35NO7S2. The first-order chi connectivity index (χ1) is 18.6. The van der Waals surface area contributed by atoms with Crippen molar-refractivity contribution >= 4 is 34.1 Å². The topological polar surface area (TPSA) is 111 Å². The van der Waals surface area contributed by atoms with Gasteiger partial charge in [0.2, 0.25) is 10.0 Å². The number of hydrogen-bond donors (Lipinski definition) is 2. The molecule has 0 aliphatic carbocycles. The molecule has 1 unspecified atom stereocenters. The maximum absolute atomic E-state index is 12.6.